The van der Waals surface area contributed by atoms with Crippen LogP contribution in [-0.2, 0) is 0 Å². The minimum absolute atomic E-state index is 0. The molecule has 0 unspecified atom stereocenters. The molecule has 0 fully saturated rings. The average Bonchev–Trinajstić information content (AvgIpc) is 2.20. The van der Waals surface area contributed by atoms with Crippen LogP contribution >= 0.6 is 24.2 Å². The van der Waals surface area contributed by atoms with Crippen LogP contribution in [0.4, 0.5) is 10.5 Å². The molecule has 0 heterocycles. The fourth-order valence-electron chi connectivity index (χ4n) is 1.07. The van der Waals surface area contributed by atoms with Crippen LogP contribution in [0.25, 0.3) is 0 Å². The zero-order valence-corrected chi connectivity index (χ0v) is 11.0. The lowest BCUT2D eigenvalue weighted by Crippen LogP contribution is -2.25. The molecule has 1 rings (SSSR count). The van der Waals surface area contributed by atoms with E-state index >= 15 is 0 Å². The Morgan fingerprint density at radius 1 is 1.35 bits per heavy atom. The zero-order valence-electron chi connectivity index (χ0n) is 9.34. The maximum absolute atomic E-state index is 11.2. The van der Waals surface area contributed by atoms with Crippen LogP contribution in [0.1, 0.15) is 6.92 Å². The molecule has 0 saturated heterocycles. The van der Waals surface area contributed by atoms with E-state index in [9.17, 15) is 4.79 Å². The summed E-state index contributed by atoms with van der Waals surface area (Å²) in [6.07, 6.45) is 0. The quantitative estimate of drug-likeness (QED) is 0.447. The molecule has 17 heavy (non-hydrogen) atoms. The standard InChI is InChI=1S/C10H14N4OS.ClH/c1-2-16-8-5-3-7(4-6-8)13-10(15)14-9(11)12;/h3-6H,2H2,1H3,(H5,11,12,13,14,15);1H. The number of nitrogens with zero attached hydrogens (tertiary/aromatic N) is 1. The molecule has 1 aromatic rings. The Balaban J connectivity index is 0.00000256. The predicted molar refractivity (Wildman–Crippen MR) is 74.9 cm³/mol. The highest BCUT2D eigenvalue weighted by Gasteiger charge is 2.00. The van der Waals surface area contributed by atoms with Gasteiger partial charge in [-0.25, -0.2) is 4.79 Å². The van der Waals surface area contributed by atoms with Crippen LogP contribution in [0.5, 0.6) is 0 Å². The molecule has 5 nitrogen and oxygen atoms in total. The molecule has 0 aliphatic carbocycles. The fraction of sp³-hybridized carbons (Fsp3) is 0.200. The second-order valence-electron chi connectivity index (χ2n) is 2.92. The summed E-state index contributed by atoms with van der Waals surface area (Å²) < 4.78 is 0. The number of hydrogen-bond donors (Lipinski definition) is 3. The molecule has 0 radical (unpaired) electrons. The number of hydrogen-bond acceptors (Lipinski definition) is 2. The molecule has 1 aromatic carbocycles. The fourth-order valence-corrected chi connectivity index (χ4v) is 1.73. The van der Waals surface area contributed by atoms with E-state index in [4.69, 9.17) is 11.5 Å². The van der Waals surface area contributed by atoms with Crippen molar-refractivity contribution in [2.24, 2.45) is 16.5 Å². The van der Waals surface area contributed by atoms with Crippen molar-refractivity contribution in [3.63, 3.8) is 0 Å². The normalized spacial score (nSPS) is 9.00. The molecule has 5 N–H and O–H groups in total. The van der Waals surface area contributed by atoms with E-state index in [0.29, 0.717) is 5.69 Å². The van der Waals surface area contributed by atoms with Gasteiger partial charge in [0.2, 0.25) is 0 Å². The number of carbonyl (C=O) groups is 1. The van der Waals surface area contributed by atoms with E-state index in [-0.39, 0.29) is 18.4 Å². The van der Waals surface area contributed by atoms with Gasteiger partial charge in [0.25, 0.3) is 0 Å². The number of halogens is 1. The van der Waals surface area contributed by atoms with Crippen molar-refractivity contribution in [1.82, 2.24) is 0 Å². The van der Waals surface area contributed by atoms with E-state index in [1.54, 1.807) is 23.9 Å². The Morgan fingerprint density at radius 3 is 2.41 bits per heavy atom. The molecule has 0 aliphatic heterocycles. The first-order valence-electron chi connectivity index (χ1n) is 4.75. The summed E-state index contributed by atoms with van der Waals surface area (Å²) in [5.41, 5.74) is 10.8. The lowest BCUT2D eigenvalue weighted by atomic mass is 10.3. The zero-order chi connectivity index (χ0) is 12.0. The van der Waals surface area contributed by atoms with Crippen LogP contribution < -0.4 is 16.8 Å². The second-order valence-corrected chi connectivity index (χ2v) is 4.26. The molecule has 0 aromatic heterocycles. The van der Waals surface area contributed by atoms with Gasteiger partial charge in [0, 0.05) is 10.6 Å². The minimum atomic E-state index is -0.573. The highest BCUT2D eigenvalue weighted by molar-refractivity contribution is 7.99. The first-order chi connectivity index (χ1) is 7.61. The van der Waals surface area contributed by atoms with E-state index in [1.807, 2.05) is 12.1 Å². The van der Waals surface area contributed by atoms with Crippen molar-refractivity contribution in [3.05, 3.63) is 24.3 Å². The number of amides is 2. The number of nitrogens with one attached hydrogen (secondary N) is 1. The molecule has 0 atom stereocenters. The summed E-state index contributed by atoms with van der Waals surface area (Å²) in [5.74, 6) is 0.760. The number of benzene rings is 1. The summed E-state index contributed by atoms with van der Waals surface area (Å²) in [5, 5.41) is 2.55. The molecule has 94 valence electrons. The lowest BCUT2D eigenvalue weighted by molar-refractivity contribution is 0.259. The lowest BCUT2D eigenvalue weighted by Gasteiger charge is -2.03. The molecule has 2 amide bonds. The Labute approximate surface area is 110 Å². The van der Waals surface area contributed by atoms with E-state index in [0.717, 1.165) is 10.6 Å². The van der Waals surface area contributed by atoms with Gasteiger partial charge in [0.1, 0.15) is 0 Å². The number of guanidine groups is 1. The summed E-state index contributed by atoms with van der Waals surface area (Å²) in [4.78, 5) is 15.7. The van der Waals surface area contributed by atoms with Crippen LogP contribution in [0.3, 0.4) is 0 Å². The van der Waals surface area contributed by atoms with Crippen LogP contribution in [-0.4, -0.2) is 17.7 Å². The third kappa shape index (κ3) is 6.03. The van der Waals surface area contributed by atoms with Gasteiger partial charge in [-0.2, -0.15) is 4.99 Å². The number of aliphatic imine (C=N–C) groups is 1. The molecule has 0 aliphatic rings. The number of thioether (sulfide) groups is 1. The van der Waals surface area contributed by atoms with Gasteiger partial charge in [-0.3, -0.25) is 0 Å². The van der Waals surface area contributed by atoms with Crippen LogP contribution in [0.2, 0.25) is 0 Å². The molecular weight excluding hydrogens is 260 g/mol. The van der Waals surface area contributed by atoms with E-state index < -0.39 is 6.03 Å². The Hall–Kier alpha value is -1.40. The van der Waals surface area contributed by atoms with Crippen molar-refractivity contribution >= 4 is 41.8 Å². The van der Waals surface area contributed by atoms with Gasteiger partial charge in [-0.05, 0) is 30.0 Å². The summed E-state index contributed by atoms with van der Waals surface area (Å²) in [7, 11) is 0. The minimum Gasteiger partial charge on any atom is -0.370 e. The largest absolute Gasteiger partial charge is 0.370 e. The Morgan fingerprint density at radius 2 is 1.94 bits per heavy atom. The van der Waals surface area contributed by atoms with Crippen LogP contribution in [0.15, 0.2) is 34.2 Å². The van der Waals surface area contributed by atoms with E-state index in [1.165, 1.54) is 0 Å². The van der Waals surface area contributed by atoms with Gasteiger partial charge in [-0.1, -0.05) is 6.92 Å². The van der Waals surface area contributed by atoms with Crippen molar-refractivity contribution in [2.45, 2.75) is 11.8 Å². The van der Waals surface area contributed by atoms with Gasteiger partial charge < -0.3 is 16.8 Å². The monoisotopic (exact) mass is 274 g/mol. The number of carbonyl (C=O) groups excluding carboxylic acids is 1. The van der Waals surface area contributed by atoms with Crippen molar-refractivity contribution < 1.29 is 4.79 Å². The first-order valence-corrected chi connectivity index (χ1v) is 5.74. The third-order valence-electron chi connectivity index (χ3n) is 1.65. The van der Waals surface area contributed by atoms with E-state index in [2.05, 4.69) is 17.2 Å². The van der Waals surface area contributed by atoms with Crippen LogP contribution in [0, 0.1) is 0 Å². The van der Waals surface area contributed by atoms with Crippen molar-refractivity contribution in [3.8, 4) is 0 Å². The molecule has 0 bridgehead atoms. The van der Waals surface area contributed by atoms with Gasteiger partial charge in [-0.15, -0.1) is 24.2 Å². The number of urea groups is 1. The van der Waals surface area contributed by atoms with Gasteiger partial charge in [0.05, 0.1) is 0 Å². The highest BCUT2D eigenvalue weighted by atomic mass is 35.5. The summed E-state index contributed by atoms with van der Waals surface area (Å²) in [6.45, 7) is 2.08. The SMILES string of the molecule is CCSc1ccc(NC(=O)N=C(N)N)cc1.Cl. The third-order valence-corrected chi connectivity index (χ3v) is 2.54. The smallest absolute Gasteiger partial charge is 0.348 e. The second kappa shape index (κ2) is 7.81. The predicted octanol–water partition coefficient (Wildman–Crippen LogP) is 2.03. The molecule has 0 saturated carbocycles. The van der Waals surface area contributed by atoms with Crippen molar-refractivity contribution in [2.75, 3.05) is 11.1 Å². The van der Waals surface area contributed by atoms with Gasteiger partial charge >= 0.3 is 6.03 Å². The summed E-state index contributed by atoms with van der Waals surface area (Å²) in [6, 6.07) is 6.89. The summed E-state index contributed by atoms with van der Waals surface area (Å²) >= 11 is 1.73. The number of nitrogens with two attached hydrogens (primary N) is 2. The van der Waals surface area contributed by atoms with Gasteiger partial charge in [0.15, 0.2) is 5.96 Å². The average molecular weight is 275 g/mol. The maximum atomic E-state index is 11.2. The number of rotatable bonds is 3. The number of anilines is 1. The van der Waals surface area contributed by atoms with Crippen molar-refractivity contribution in [1.29, 1.82) is 0 Å². The Kier molecular flexibility index (Phi) is 7.16. The molecular formula is C10H15ClN4OS. The first kappa shape index (κ1) is 15.6. The molecule has 7 heteroatoms. The highest BCUT2D eigenvalue weighted by Crippen LogP contribution is 2.19. The molecule has 0 spiro atoms. The maximum Gasteiger partial charge on any atom is 0.348 e. The Bertz CT molecular complexity index is 390. The topological polar surface area (TPSA) is 93.5 Å².